The molecule has 7 nitrogen and oxygen atoms in total. The smallest absolute Gasteiger partial charge is 0.268 e. The highest BCUT2D eigenvalue weighted by Crippen LogP contribution is 2.19. The van der Waals surface area contributed by atoms with Gasteiger partial charge in [0.2, 0.25) is 0 Å². The molecule has 0 bridgehead atoms. The van der Waals surface area contributed by atoms with Crippen molar-refractivity contribution in [2.24, 2.45) is 7.05 Å². The van der Waals surface area contributed by atoms with E-state index in [1.54, 1.807) is 36.7 Å². The number of carbonyl (C=O) groups excluding carboxylic acids is 2. The van der Waals surface area contributed by atoms with Crippen LogP contribution in [0.25, 0.3) is 10.9 Å². The Morgan fingerprint density at radius 3 is 2.52 bits per heavy atom. The first kappa shape index (κ1) is 20.0. The summed E-state index contributed by atoms with van der Waals surface area (Å²) in [5.41, 5.74) is 2.09. The largest absolute Gasteiger partial charge is 0.508 e. The highest BCUT2D eigenvalue weighted by molar-refractivity contribution is 6.01. The monoisotopic (exact) mass is 390 g/mol. The average molecular weight is 390 g/mol. The van der Waals surface area contributed by atoms with Gasteiger partial charge in [0.15, 0.2) is 6.19 Å². The van der Waals surface area contributed by atoms with Crippen molar-refractivity contribution in [1.29, 1.82) is 5.26 Å². The molecular weight excluding hydrogens is 368 g/mol. The second-order valence-corrected chi connectivity index (χ2v) is 6.73. The van der Waals surface area contributed by atoms with Crippen molar-refractivity contribution in [2.45, 2.75) is 19.4 Å². The van der Waals surface area contributed by atoms with Gasteiger partial charge in [-0.05, 0) is 36.8 Å². The van der Waals surface area contributed by atoms with E-state index in [2.05, 4.69) is 5.32 Å². The first-order chi connectivity index (χ1) is 13.9. The molecule has 148 valence electrons. The van der Waals surface area contributed by atoms with Crippen LogP contribution in [0.5, 0.6) is 5.75 Å². The maximum Gasteiger partial charge on any atom is 0.268 e. The standard InChI is InChI=1S/C22H22N4O3/c1-3-26(14-23)22(29)18(12-15-8-10-17(27)11-9-15)24-21(28)20-13-16-6-4-5-7-19(16)25(20)2/h4-11,13,18,27H,3,12H2,1-2H3,(H,24,28). The molecule has 3 aromatic rings. The third-order valence-corrected chi connectivity index (χ3v) is 4.87. The van der Waals surface area contributed by atoms with Gasteiger partial charge in [-0.1, -0.05) is 30.3 Å². The molecule has 2 amide bonds. The van der Waals surface area contributed by atoms with Crippen LogP contribution in [0, 0.1) is 11.5 Å². The predicted octanol–water partition coefficient (Wildman–Crippen LogP) is 2.55. The SMILES string of the molecule is CCN(C#N)C(=O)C(Cc1ccc(O)cc1)NC(=O)c1cc2ccccc2n1C. The second-order valence-electron chi connectivity index (χ2n) is 6.73. The summed E-state index contributed by atoms with van der Waals surface area (Å²) in [6.45, 7) is 1.91. The maximum absolute atomic E-state index is 13.0. The normalized spacial score (nSPS) is 11.6. The Labute approximate surface area is 168 Å². The number of nitrogens with zero attached hydrogens (tertiary/aromatic N) is 3. The summed E-state index contributed by atoms with van der Waals surface area (Å²) in [5.74, 6) is -0.756. The molecule has 1 atom stereocenters. The van der Waals surface area contributed by atoms with E-state index in [0.29, 0.717) is 5.69 Å². The minimum atomic E-state index is -0.912. The van der Waals surface area contributed by atoms with Gasteiger partial charge in [0.25, 0.3) is 11.8 Å². The molecule has 0 aliphatic heterocycles. The number of nitriles is 1. The van der Waals surface area contributed by atoms with E-state index < -0.39 is 17.9 Å². The van der Waals surface area contributed by atoms with Gasteiger partial charge < -0.3 is 15.0 Å². The summed E-state index contributed by atoms with van der Waals surface area (Å²) < 4.78 is 1.77. The lowest BCUT2D eigenvalue weighted by Gasteiger charge is -2.22. The highest BCUT2D eigenvalue weighted by Gasteiger charge is 2.27. The number of hydrogen-bond donors (Lipinski definition) is 2. The van der Waals surface area contributed by atoms with Gasteiger partial charge in [-0.3, -0.25) is 9.59 Å². The van der Waals surface area contributed by atoms with Crippen LogP contribution >= 0.6 is 0 Å². The fraction of sp³-hybridized carbons (Fsp3) is 0.227. The van der Waals surface area contributed by atoms with E-state index in [1.807, 2.05) is 30.5 Å². The van der Waals surface area contributed by atoms with Crippen LogP contribution in [0.1, 0.15) is 23.0 Å². The quantitative estimate of drug-likeness (QED) is 0.499. The molecule has 0 aliphatic rings. The molecule has 0 spiro atoms. The molecule has 1 unspecified atom stereocenters. The average Bonchev–Trinajstić information content (AvgIpc) is 3.07. The van der Waals surface area contributed by atoms with Gasteiger partial charge in [-0.15, -0.1) is 0 Å². The van der Waals surface area contributed by atoms with Crippen molar-refractivity contribution >= 4 is 22.7 Å². The number of rotatable bonds is 6. The zero-order chi connectivity index (χ0) is 21.0. The topological polar surface area (TPSA) is 98.4 Å². The lowest BCUT2D eigenvalue weighted by atomic mass is 10.0. The maximum atomic E-state index is 13.0. The molecule has 1 aromatic heterocycles. The summed E-state index contributed by atoms with van der Waals surface area (Å²) in [5, 5.41) is 22.4. The lowest BCUT2D eigenvalue weighted by molar-refractivity contribution is -0.130. The molecule has 0 radical (unpaired) electrons. The predicted molar refractivity (Wildman–Crippen MR) is 109 cm³/mol. The van der Waals surface area contributed by atoms with Crippen LogP contribution in [0.4, 0.5) is 0 Å². The number of likely N-dealkylation sites (N-methyl/N-ethyl adjacent to an activating group) is 1. The molecule has 1 heterocycles. The van der Waals surface area contributed by atoms with E-state index in [0.717, 1.165) is 21.4 Å². The number of carbonyl (C=O) groups is 2. The zero-order valence-electron chi connectivity index (χ0n) is 16.3. The molecule has 3 rings (SSSR count). The summed E-state index contributed by atoms with van der Waals surface area (Å²) in [6.07, 6.45) is 2.06. The number of phenolic OH excluding ortho intramolecular Hbond substituents is 1. The molecule has 0 fully saturated rings. The molecule has 0 saturated heterocycles. The number of para-hydroxylation sites is 1. The van der Waals surface area contributed by atoms with E-state index >= 15 is 0 Å². The number of aromatic hydroxyl groups is 1. The highest BCUT2D eigenvalue weighted by atomic mass is 16.3. The number of amides is 2. The van der Waals surface area contributed by atoms with Crippen LogP contribution < -0.4 is 5.32 Å². The molecular formula is C22H22N4O3. The van der Waals surface area contributed by atoms with Gasteiger partial charge in [0.05, 0.1) is 0 Å². The number of fused-ring (bicyclic) bond motifs is 1. The minimum Gasteiger partial charge on any atom is -0.508 e. The minimum absolute atomic E-state index is 0.114. The van der Waals surface area contributed by atoms with Crippen molar-refractivity contribution < 1.29 is 14.7 Å². The van der Waals surface area contributed by atoms with Gasteiger partial charge in [-0.25, -0.2) is 4.90 Å². The first-order valence-corrected chi connectivity index (χ1v) is 9.29. The van der Waals surface area contributed by atoms with E-state index in [9.17, 15) is 20.0 Å². The number of nitrogens with one attached hydrogen (secondary N) is 1. The Kier molecular flexibility index (Phi) is 5.84. The first-order valence-electron chi connectivity index (χ1n) is 9.29. The summed E-state index contributed by atoms with van der Waals surface area (Å²) in [6, 6.07) is 14.9. The molecule has 2 N–H and O–H groups in total. The fourth-order valence-electron chi connectivity index (χ4n) is 3.27. The summed E-state index contributed by atoms with van der Waals surface area (Å²) in [7, 11) is 1.79. The van der Waals surface area contributed by atoms with Crippen molar-refractivity contribution in [3.05, 3.63) is 65.9 Å². The molecule has 29 heavy (non-hydrogen) atoms. The van der Waals surface area contributed by atoms with Crippen LogP contribution in [0.2, 0.25) is 0 Å². The number of aryl methyl sites for hydroxylation is 1. The third-order valence-electron chi connectivity index (χ3n) is 4.87. The molecule has 2 aromatic carbocycles. The summed E-state index contributed by atoms with van der Waals surface area (Å²) >= 11 is 0. The Hall–Kier alpha value is -3.79. The number of benzene rings is 2. The Balaban J connectivity index is 1.89. The van der Waals surface area contributed by atoms with Crippen molar-refractivity contribution in [3.8, 4) is 11.9 Å². The van der Waals surface area contributed by atoms with Crippen molar-refractivity contribution in [2.75, 3.05) is 6.54 Å². The van der Waals surface area contributed by atoms with Crippen LogP contribution in [0.3, 0.4) is 0 Å². The molecule has 0 aliphatic carbocycles. The van der Waals surface area contributed by atoms with Gasteiger partial charge in [0.1, 0.15) is 17.5 Å². The molecule has 7 heteroatoms. The van der Waals surface area contributed by atoms with Gasteiger partial charge >= 0.3 is 0 Å². The third kappa shape index (κ3) is 4.22. The Bertz CT molecular complexity index is 1080. The van der Waals surface area contributed by atoms with Crippen molar-refractivity contribution in [1.82, 2.24) is 14.8 Å². The van der Waals surface area contributed by atoms with Crippen molar-refractivity contribution in [3.63, 3.8) is 0 Å². The van der Waals surface area contributed by atoms with E-state index in [-0.39, 0.29) is 18.7 Å². The second kappa shape index (κ2) is 8.48. The van der Waals surface area contributed by atoms with Gasteiger partial charge in [-0.2, -0.15) is 5.26 Å². The van der Waals surface area contributed by atoms with Crippen LogP contribution in [-0.2, 0) is 18.3 Å². The van der Waals surface area contributed by atoms with E-state index in [1.165, 1.54) is 12.1 Å². The Morgan fingerprint density at radius 1 is 1.21 bits per heavy atom. The molecule has 0 saturated carbocycles. The fourth-order valence-corrected chi connectivity index (χ4v) is 3.27. The van der Waals surface area contributed by atoms with E-state index in [4.69, 9.17) is 0 Å². The zero-order valence-corrected chi connectivity index (χ0v) is 16.3. The number of hydrogen-bond acceptors (Lipinski definition) is 4. The summed E-state index contributed by atoms with van der Waals surface area (Å²) in [4.78, 5) is 26.8. The van der Waals surface area contributed by atoms with Crippen LogP contribution in [-0.4, -0.2) is 39.0 Å². The number of phenols is 1. The lowest BCUT2D eigenvalue weighted by Crippen LogP contribution is -2.48. The van der Waals surface area contributed by atoms with Crippen LogP contribution in [0.15, 0.2) is 54.6 Å². The Morgan fingerprint density at radius 2 is 1.90 bits per heavy atom. The van der Waals surface area contributed by atoms with Gasteiger partial charge in [0, 0.05) is 30.9 Å². The number of aromatic nitrogens is 1.